The minimum absolute atomic E-state index is 0.166. The first-order valence-corrected chi connectivity index (χ1v) is 5.96. The van der Waals surface area contributed by atoms with Crippen LogP contribution in [0.25, 0.3) is 0 Å². The molecule has 1 aromatic rings. The lowest BCUT2D eigenvalue weighted by Crippen LogP contribution is -2.27. The summed E-state index contributed by atoms with van der Waals surface area (Å²) in [6, 6.07) is 3.56. The van der Waals surface area contributed by atoms with Gasteiger partial charge in [-0.15, -0.1) is 11.8 Å². The first-order valence-electron chi connectivity index (χ1n) is 4.81. The molecule has 0 aromatic carbocycles. The van der Waals surface area contributed by atoms with Crippen LogP contribution < -0.4 is 5.32 Å². The lowest BCUT2D eigenvalue weighted by atomic mass is 10.3. The van der Waals surface area contributed by atoms with E-state index in [-0.39, 0.29) is 18.5 Å². The van der Waals surface area contributed by atoms with Crippen LogP contribution in [0.1, 0.15) is 5.56 Å². The van der Waals surface area contributed by atoms with Gasteiger partial charge in [-0.25, -0.2) is 4.79 Å². The van der Waals surface area contributed by atoms with Gasteiger partial charge in [0.05, 0.1) is 5.88 Å². The molecule has 3 amide bonds. The van der Waals surface area contributed by atoms with Crippen molar-refractivity contribution in [1.29, 1.82) is 0 Å². The van der Waals surface area contributed by atoms with Crippen molar-refractivity contribution in [3.63, 3.8) is 0 Å². The lowest BCUT2D eigenvalue weighted by molar-refractivity contribution is -0.118. The average molecular weight is 237 g/mol. The van der Waals surface area contributed by atoms with E-state index in [1.165, 1.54) is 4.90 Å². The third-order valence-corrected chi connectivity index (χ3v) is 3.14. The molecule has 84 valence electrons. The Bertz CT molecular complexity index is 396. The number of rotatable bonds is 4. The van der Waals surface area contributed by atoms with Gasteiger partial charge in [0.25, 0.3) is 0 Å². The summed E-state index contributed by atoms with van der Waals surface area (Å²) < 4.78 is 0. The summed E-state index contributed by atoms with van der Waals surface area (Å²) in [6.07, 6.45) is 3.52. The molecular formula is C10H11N3O2S. The molecule has 0 atom stereocenters. The quantitative estimate of drug-likeness (QED) is 0.788. The Morgan fingerprint density at radius 3 is 3.00 bits per heavy atom. The topological polar surface area (TPSA) is 62.3 Å². The largest absolute Gasteiger partial charge is 0.325 e. The Kier molecular flexibility index (Phi) is 3.40. The minimum Gasteiger partial charge on any atom is -0.306 e. The van der Waals surface area contributed by atoms with Crippen LogP contribution in [0.5, 0.6) is 0 Å². The number of aromatic nitrogens is 1. The number of nitrogens with one attached hydrogen (secondary N) is 1. The van der Waals surface area contributed by atoms with Gasteiger partial charge < -0.3 is 4.90 Å². The zero-order chi connectivity index (χ0) is 11.4. The van der Waals surface area contributed by atoms with E-state index in [0.717, 1.165) is 11.3 Å². The van der Waals surface area contributed by atoms with Gasteiger partial charge in [0.15, 0.2) is 0 Å². The molecular weight excluding hydrogens is 226 g/mol. The van der Waals surface area contributed by atoms with Gasteiger partial charge in [-0.2, -0.15) is 0 Å². The molecule has 6 heteroatoms. The van der Waals surface area contributed by atoms with E-state index in [9.17, 15) is 9.59 Å². The highest BCUT2D eigenvalue weighted by molar-refractivity contribution is 7.98. The van der Waals surface area contributed by atoms with Crippen molar-refractivity contribution in [2.45, 2.75) is 5.75 Å². The van der Waals surface area contributed by atoms with Gasteiger partial charge >= 0.3 is 6.03 Å². The Morgan fingerprint density at radius 2 is 2.38 bits per heavy atom. The normalized spacial score (nSPS) is 15.4. The number of amides is 3. The van der Waals surface area contributed by atoms with Gasteiger partial charge in [0.1, 0.15) is 6.54 Å². The second kappa shape index (κ2) is 4.98. The van der Waals surface area contributed by atoms with Crippen LogP contribution in [0.2, 0.25) is 0 Å². The fourth-order valence-corrected chi connectivity index (χ4v) is 2.27. The number of carbonyl (C=O) groups excluding carboxylic acids is 2. The summed E-state index contributed by atoms with van der Waals surface area (Å²) in [5.41, 5.74) is 1.11. The molecule has 16 heavy (non-hydrogen) atoms. The number of nitrogens with zero attached hydrogens (tertiary/aromatic N) is 2. The van der Waals surface area contributed by atoms with E-state index in [1.54, 1.807) is 24.2 Å². The number of imide groups is 1. The van der Waals surface area contributed by atoms with Gasteiger partial charge in [0.2, 0.25) is 5.91 Å². The molecule has 0 unspecified atom stereocenters. The Hall–Kier alpha value is -1.56. The van der Waals surface area contributed by atoms with Crippen molar-refractivity contribution in [1.82, 2.24) is 15.2 Å². The van der Waals surface area contributed by atoms with Crippen LogP contribution in [0.15, 0.2) is 24.5 Å². The van der Waals surface area contributed by atoms with Crippen LogP contribution >= 0.6 is 11.8 Å². The number of hydrogen-bond donors (Lipinski definition) is 1. The number of carbonyl (C=O) groups is 2. The molecule has 1 aliphatic rings. The van der Waals surface area contributed by atoms with Crippen LogP contribution in [-0.4, -0.2) is 34.2 Å². The van der Waals surface area contributed by atoms with Crippen molar-refractivity contribution in [3.8, 4) is 0 Å². The van der Waals surface area contributed by atoms with E-state index >= 15 is 0 Å². The molecule has 5 nitrogen and oxygen atoms in total. The molecule has 1 saturated heterocycles. The van der Waals surface area contributed by atoms with E-state index in [1.807, 2.05) is 12.1 Å². The van der Waals surface area contributed by atoms with E-state index in [2.05, 4.69) is 10.3 Å². The fourth-order valence-electron chi connectivity index (χ4n) is 1.34. The molecule has 1 aliphatic heterocycles. The Balaban J connectivity index is 1.76. The van der Waals surface area contributed by atoms with Crippen LogP contribution in [-0.2, 0) is 10.5 Å². The molecule has 0 radical (unpaired) electrons. The maximum Gasteiger partial charge on any atom is 0.325 e. The van der Waals surface area contributed by atoms with Crippen molar-refractivity contribution in [3.05, 3.63) is 30.1 Å². The lowest BCUT2D eigenvalue weighted by Gasteiger charge is -2.11. The molecule has 2 rings (SSSR count). The molecule has 1 N–H and O–H groups in total. The maximum absolute atomic E-state index is 11.2. The van der Waals surface area contributed by atoms with Crippen LogP contribution in [0.4, 0.5) is 4.79 Å². The zero-order valence-electron chi connectivity index (χ0n) is 8.55. The number of pyridine rings is 1. The highest BCUT2D eigenvalue weighted by Crippen LogP contribution is 2.13. The second-order valence-corrected chi connectivity index (χ2v) is 4.35. The van der Waals surface area contributed by atoms with E-state index < -0.39 is 0 Å². The van der Waals surface area contributed by atoms with Gasteiger partial charge in [-0.1, -0.05) is 6.07 Å². The van der Waals surface area contributed by atoms with Crippen molar-refractivity contribution in [2.24, 2.45) is 0 Å². The van der Waals surface area contributed by atoms with Gasteiger partial charge in [-0.3, -0.25) is 15.1 Å². The molecule has 1 fully saturated rings. The van der Waals surface area contributed by atoms with Crippen molar-refractivity contribution in [2.75, 3.05) is 12.4 Å². The number of hydrogen-bond acceptors (Lipinski definition) is 4. The zero-order valence-corrected chi connectivity index (χ0v) is 9.37. The van der Waals surface area contributed by atoms with E-state index in [4.69, 9.17) is 0 Å². The first-order chi connectivity index (χ1) is 7.75. The molecule has 0 saturated carbocycles. The van der Waals surface area contributed by atoms with Crippen molar-refractivity contribution < 1.29 is 9.59 Å². The van der Waals surface area contributed by atoms with Crippen LogP contribution in [0, 0.1) is 0 Å². The summed E-state index contributed by atoms with van der Waals surface area (Å²) in [5, 5.41) is 2.24. The molecule has 0 aliphatic carbocycles. The second-order valence-electron chi connectivity index (χ2n) is 3.39. The maximum atomic E-state index is 11.2. The Morgan fingerprint density at radius 1 is 1.50 bits per heavy atom. The number of thioether (sulfide) groups is 1. The summed E-state index contributed by atoms with van der Waals surface area (Å²) in [7, 11) is 0. The van der Waals surface area contributed by atoms with Gasteiger partial charge in [-0.05, 0) is 11.6 Å². The molecule has 1 aromatic heterocycles. The Labute approximate surface area is 97.2 Å². The first kappa shape index (κ1) is 10.9. The van der Waals surface area contributed by atoms with Crippen LogP contribution in [0.3, 0.4) is 0 Å². The highest BCUT2D eigenvalue weighted by Gasteiger charge is 2.25. The molecule has 0 spiro atoms. The highest BCUT2D eigenvalue weighted by atomic mass is 32.2. The predicted molar refractivity (Wildman–Crippen MR) is 60.6 cm³/mol. The monoisotopic (exact) mass is 237 g/mol. The van der Waals surface area contributed by atoms with E-state index in [0.29, 0.717) is 5.88 Å². The summed E-state index contributed by atoms with van der Waals surface area (Å²) >= 11 is 1.58. The summed E-state index contributed by atoms with van der Waals surface area (Å²) in [4.78, 5) is 27.6. The van der Waals surface area contributed by atoms with Crippen molar-refractivity contribution >= 4 is 23.7 Å². The molecule has 2 heterocycles. The minimum atomic E-state index is -0.302. The predicted octanol–water partition coefficient (Wildman–Crippen LogP) is 0.824. The summed E-state index contributed by atoms with van der Waals surface area (Å²) in [6.45, 7) is 0.166. The van der Waals surface area contributed by atoms with Gasteiger partial charge in [0, 0.05) is 18.1 Å². The molecule has 0 bridgehead atoms. The number of urea groups is 1. The third kappa shape index (κ3) is 2.73. The standard InChI is InChI=1S/C10H11N3O2S/c14-9-5-13(10(15)12-9)7-16-6-8-2-1-3-11-4-8/h1-4H,5-7H2,(H,12,14,15). The summed E-state index contributed by atoms with van der Waals surface area (Å²) in [5.74, 6) is 1.07. The SMILES string of the molecule is O=C1CN(CSCc2cccnc2)C(=O)N1. The fraction of sp³-hybridized carbons (Fsp3) is 0.300. The average Bonchev–Trinajstić information content (AvgIpc) is 2.59. The third-order valence-electron chi connectivity index (χ3n) is 2.11. The smallest absolute Gasteiger partial charge is 0.306 e.